The number of amides is 1. The molecule has 0 radical (unpaired) electrons. The number of hydrogen-bond donors (Lipinski definition) is 1. The fraction of sp³-hybridized carbons (Fsp3) is 0.500. The number of nitrogens with one attached hydrogen (secondary N) is 1. The molecule has 2 rings (SSSR count). The topological polar surface area (TPSA) is 63.2 Å². The second kappa shape index (κ2) is 6.67. The molecule has 0 aromatic heterocycles. The Bertz CT molecular complexity index is 644. The van der Waals surface area contributed by atoms with Crippen molar-refractivity contribution in [2.75, 3.05) is 0 Å². The van der Waals surface area contributed by atoms with Gasteiger partial charge in [-0.1, -0.05) is 35.7 Å². The van der Waals surface area contributed by atoms with Gasteiger partial charge in [-0.25, -0.2) is 8.42 Å². The molecule has 116 valence electrons. The lowest BCUT2D eigenvalue weighted by atomic mass is 10.1. The van der Waals surface area contributed by atoms with E-state index in [0.29, 0.717) is 4.47 Å². The van der Waals surface area contributed by atoms with E-state index in [4.69, 9.17) is 10.7 Å². The molecule has 1 saturated carbocycles. The first-order valence-electron chi connectivity index (χ1n) is 6.85. The quantitative estimate of drug-likeness (QED) is 0.749. The van der Waals surface area contributed by atoms with Crippen molar-refractivity contribution in [3.8, 4) is 0 Å². The molecule has 1 aromatic carbocycles. The first-order chi connectivity index (χ1) is 9.79. The molecular formula is C14H17BrClNO3S. The highest BCUT2D eigenvalue weighted by molar-refractivity contribution is 9.10. The minimum atomic E-state index is -3.86. The van der Waals surface area contributed by atoms with Gasteiger partial charge in [-0.15, -0.1) is 0 Å². The van der Waals surface area contributed by atoms with Crippen LogP contribution in [0.25, 0.3) is 0 Å². The lowest BCUT2D eigenvalue weighted by molar-refractivity contribution is 0.0932. The summed E-state index contributed by atoms with van der Waals surface area (Å²) in [6.07, 6.45) is 4.31. The van der Waals surface area contributed by atoms with Crippen molar-refractivity contribution in [3.63, 3.8) is 0 Å². The lowest BCUT2D eigenvalue weighted by Gasteiger charge is -2.17. The van der Waals surface area contributed by atoms with Gasteiger partial charge < -0.3 is 5.32 Å². The zero-order valence-electron chi connectivity index (χ0n) is 11.6. The molecule has 0 aliphatic heterocycles. The monoisotopic (exact) mass is 393 g/mol. The van der Waals surface area contributed by atoms with Gasteiger partial charge in [0.15, 0.2) is 0 Å². The molecule has 4 nitrogen and oxygen atoms in total. The number of halogens is 2. The Labute approximate surface area is 137 Å². The normalized spacial score (nSPS) is 16.5. The third-order valence-corrected chi connectivity index (χ3v) is 5.35. The van der Waals surface area contributed by atoms with Gasteiger partial charge >= 0.3 is 0 Å². The summed E-state index contributed by atoms with van der Waals surface area (Å²) in [7, 11) is 1.47. The molecule has 1 atom stereocenters. The Hall–Kier alpha value is -0.590. The van der Waals surface area contributed by atoms with Gasteiger partial charge in [-0.05, 0) is 37.0 Å². The van der Waals surface area contributed by atoms with Crippen LogP contribution in [0.4, 0.5) is 0 Å². The molecule has 0 bridgehead atoms. The summed E-state index contributed by atoms with van der Waals surface area (Å²) in [5, 5.41) is 2.96. The van der Waals surface area contributed by atoms with Crippen molar-refractivity contribution in [1.29, 1.82) is 0 Å². The summed E-state index contributed by atoms with van der Waals surface area (Å²) in [4.78, 5) is 12.2. The van der Waals surface area contributed by atoms with E-state index < -0.39 is 9.05 Å². The van der Waals surface area contributed by atoms with Crippen molar-refractivity contribution in [2.45, 2.75) is 43.5 Å². The molecule has 0 heterocycles. The van der Waals surface area contributed by atoms with Crippen LogP contribution in [-0.4, -0.2) is 20.4 Å². The van der Waals surface area contributed by atoms with E-state index in [1.807, 2.05) is 6.92 Å². The first kappa shape index (κ1) is 16.8. The van der Waals surface area contributed by atoms with Crippen molar-refractivity contribution in [3.05, 3.63) is 28.2 Å². The molecule has 0 saturated heterocycles. The Balaban J connectivity index is 2.16. The number of rotatable bonds is 6. The summed E-state index contributed by atoms with van der Waals surface area (Å²) >= 11 is 3.20. The van der Waals surface area contributed by atoms with Gasteiger partial charge in [0.05, 0.1) is 4.90 Å². The lowest BCUT2D eigenvalue weighted by Crippen LogP contribution is -2.34. The summed E-state index contributed by atoms with van der Waals surface area (Å²) in [6.45, 7) is 2.03. The molecule has 7 heteroatoms. The minimum absolute atomic E-state index is 0.0843. The van der Waals surface area contributed by atoms with E-state index in [9.17, 15) is 13.2 Å². The van der Waals surface area contributed by atoms with E-state index in [0.717, 1.165) is 18.8 Å². The van der Waals surface area contributed by atoms with Crippen LogP contribution in [0.2, 0.25) is 0 Å². The van der Waals surface area contributed by atoms with E-state index in [2.05, 4.69) is 21.2 Å². The third-order valence-electron chi connectivity index (χ3n) is 3.56. The van der Waals surface area contributed by atoms with Crippen LogP contribution < -0.4 is 5.32 Å². The number of hydrogen-bond acceptors (Lipinski definition) is 3. The molecule has 1 aliphatic rings. The number of carbonyl (C=O) groups is 1. The van der Waals surface area contributed by atoms with E-state index in [1.54, 1.807) is 6.07 Å². The van der Waals surface area contributed by atoms with Crippen LogP contribution in [0.1, 0.15) is 43.0 Å². The average molecular weight is 395 g/mol. The Morgan fingerprint density at radius 1 is 1.43 bits per heavy atom. The van der Waals surface area contributed by atoms with Crippen LogP contribution in [0.3, 0.4) is 0 Å². The number of carbonyl (C=O) groups excluding carboxylic acids is 1. The highest BCUT2D eigenvalue weighted by atomic mass is 79.9. The highest BCUT2D eigenvalue weighted by Gasteiger charge is 2.26. The zero-order chi connectivity index (χ0) is 15.6. The summed E-state index contributed by atoms with van der Waals surface area (Å²) in [5.74, 6) is 0.446. The smallest absolute Gasteiger partial charge is 0.261 e. The highest BCUT2D eigenvalue weighted by Crippen LogP contribution is 2.34. The maximum absolute atomic E-state index is 12.3. The van der Waals surface area contributed by atoms with E-state index in [1.165, 1.54) is 25.0 Å². The van der Waals surface area contributed by atoms with Crippen molar-refractivity contribution in [1.82, 2.24) is 5.32 Å². The fourth-order valence-electron chi connectivity index (χ4n) is 2.19. The Kier molecular flexibility index (Phi) is 5.33. The molecule has 1 unspecified atom stereocenters. The zero-order valence-corrected chi connectivity index (χ0v) is 14.8. The molecule has 1 aromatic rings. The minimum Gasteiger partial charge on any atom is -0.349 e. The van der Waals surface area contributed by atoms with Gasteiger partial charge in [-0.2, -0.15) is 0 Å². The molecule has 21 heavy (non-hydrogen) atoms. The van der Waals surface area contributed by atoms with Crippen molar-refractivity contribution >= 4 is 41.6 Å². The van der Waals surface area contributed by atoms with Crippen LogP contribution in [0, 0.1) is 5.92 Å². The summed E-state index contributed by atoms with van der Waals surface area (Å²) in [5.41, 5.74) is 0.290. The largest absolute Gasteiger partial charge is 0.349 e. The maximum atomic E-state index is 12.3. The van der Waals surface area contributed by atoms with Crippen LogP contribution in [0.15, 0.2) is 27.6 Å². The second-order valence-corrected chi connectivity index (χ2v) is 8.85. The van der Waals surface area contributed by atoms with Crippen molar-refractivity contribution in [2.24, 2.45) is 5.92 Å². The summed E-state index contributed by atoms with van der Waals surface area (Å²) in [6, 6.07) is 4.39. The van der Waals surface area contributed by atoms with Gasteiger partial charge in [-0.3, -0.25) is 4.79 Å². The molecule has 1 fully saturated rings. The average Bonchev–Trinajstić information content (AvgIpc) is 3.20. The van der Waals surface area contributed by atoms with Crippen LogP contribution in [0.5, 0.6) is 0 Å². The van der Waals surface area contributed by atoms with E-state index >= 15 is 0 Å². The Morgan fingerprint density at radius 2 is 2.10 bits per heavy atom. The second-order valence-electron chi connectivity index (χ2n) is 5.37. The van der Waals surface area contributed by atoms with Gasteiger partial charge in [0.25, 0.3) is 15.0 Å². The molecule has 1 N–H and O–H groups in total. The maximum Gasteiger partial charge on any atom is 0.261 e. The first-order valence-corrected chi connectivity index (χ1v) is 9.96. The van der Waals surface area contributed by atoms with Crippen LogP contribution in [-0.2, 0) is 9.05 Å². The molecule has 0 spiro atoms. The molecule has 1 amide bonds. The number of benzene rings is 1. The fourth-order valence-corrected chi connectivity index (χ4v) is 3.63. The predicted molar refractivity (Wildman–Crippen MR) is 86.1 cm³/mol. The Morgan fingerprint density at radius 3 is 2.62 bits per heavy atom. The molecular weight excluding hydrogens is 378 g/mol. The van der Waals surface area contributed by atoms with Crippen molar-refractivity contribution < 1.29 is 13.2 Å². The predicted octanol–water partition coefficient (Wildman–Crippen LogP) is 3.69. The summed E-state index contributed by atoms with van der Waals surface area (Å²) < 4.78 is 23.3. The third kappa shape index (κ3) is 4.97. The molecule has 1 aliphatic carbocycles. The van der Waals surface area contributed by atoms with Gasteiger partial charge in [0.2, 0.25) is 0 Å². The van der Waals surface area contributed by atoms with Crippen LogP contribution >= 0.6 is 26.6 Å². The SMILES string of the molecule is CCC(CC1CC1)NC(=O)c1cc(Br)cc(S(=O)(=O)Cl)c1. The van der Waals surface area contributed by atoms with Gasteiger partial charge in [0.1, 0.15) is 0 Å². The standard InChI is InChI=1S/C14H17BrClNO3S/c1-2-12(5-9-3-4-9)17-14(18)10-6-11(15)8-13(7-10)21(16,19)20/h6-9,12H,2-5H2,1H3,(H,17,18). The van der Waals surface area contributed by atoms with Gasteiger partial charge in [0, 0.05) is 26.8 Å². The van der Waals surface area contributed by atoms with E-state index in [-0.39, 0.29) is 22.4 Å².